The van der Waals surface area contributed by atoms with Crippen LogP contribution in [0.15, 0.2) is 40.1 Å². The Morgan fingerprint density at radius 3 is 2.32 bits per heavy atom. The van der Waals surface area contributed by atoms with Gasteiger partial charge in [0.25, 0.3) is 11.5 Å². The van der Waals surface area contributed by atoms with Gasteiger partial charge in [0.2, 0.25) is 0 Å². The minimum absolute atomic E-state index is 0.0418. The summed E-state index contributed by atoms with van der Waals surface area (Å²) in [4.78, 5) is 34.9. The summed E-state index contributed by atoms with van der Waals surface area (Å²) in [6.45, 7) is 3.81. The van der Waals surface area contributed by atoms with E-state index in [4.69, 9.17) is 0 Å². The molecule has 1 amide bonds. The summed E-state index contributed by atoms with van der Waals surface area (Å²) >= 11 is 0. The van der Waals surface area contributed by atoms with Crippen LogP contribution in [0.4, 0.5) is 13.2 Å². The molecule has 1 aromatic carbocycles. The van der Waals surface area contributed by atoms with Gasteiger partial charge in [-0.25, -0.2) is 9.98 Å². The first kappa shape index (κ1) is 20.0. The van der Waals surface area contributed by atoms with Crippen molar-refractivity contribution in [3.05, 3.63) is 63.3 Å². The van der Waals surface area contributed by atoms with Gasteiger partial charge < -0.3 is 4.98 Å². The quantitative estimate of drug-likeness (QED) is 0.796. The Morgan fingerprint density at radius 2 is 1.79 bits per heavy atom. The average Bonchev–Trinajstić information content (AvgIpc) is 3.45. The highest BCUT2D eigenvalue weighted by atomic mass is 19.4. The fraction of sp³-hybridized carbons (Fsp3) is 0.400. The average molecular weight is 391 g/mol. The molecule has 5 nitrogen and oxygen atoms in total. The van der Waals surface area contributed by atoms with Crippen LogP contribution < -0.4 is 5.56 Å². The summed E-state index contributed by atoms with van der Waals surface area (Å²) in [5.74, 6) is 0.00249. The summed E-state index contributed by atoms with van der Waals surface area (Å²) in [6, 6.07) is 6.84. The number of nitrogens with zero attached hydrogens (tertiary/aromatic N) is 2. The zero-order chi connectivity index (χ0) is 20.7. The number of aromatic nitrogens is 2. The largest absolute Gasteiger partial charge is 0.397 e. The van der Waals surface area contributed by atoms with E-state index >= 15 is 0 Å². The number of nitrogens with one attached hydrogen (secondary N) is 1. The third-order valence-electron chi connectivity index (χ3n) is 4.95. The first-order chi connectivity index (χ1) is 13.0. The number of rotatable bonds is 4. The van der Waals surface area contributed by atoms with Crippen molar-refractivity contribution < 1.29 is 18.0 Å². The van der Waals surface area contributed by atoms with E-state index in [2.05, 4.69) is 15.0 Å². The number of alkyl halides is 3. The van der Waals surface area contributed by atoms with Crippen molar-refractivity contribution in [2.75, 3.05) is 0 Å². The summed E-state index contributed by atoms with van der Waals surface area (Å²) in [7, 11) is 0. The highest BCUT2D eigenvalue weighted by Crippen LogP contribution is 2.40. The normalized spacial score (nSPS) is 15.6. The third-order valence-corrected chi connectivity index (χ3v) is 4.95. The topological polar surface area (TPSA) is 75.2 Å². The number of carbonyl (C=O) groups is 1. The van der Waals surface area contributed by atoms with Crippen molar-refractivity contribution in [3.63, 3.8) is 0 Å². The Hall–Kier alpha value is -2.77. The van der Waals surface area contributed by atoms with Crippen LogP contribution in [0.2, 0.25) is 0 Å². The van der Waals surface area contributed by atoms with Gasteiger partial charge >= 0.3 is 6.18 Å². The number of hydrogen-bond donors (Lipinski definition) is 1. The lowest BCUT2D eigenvalue weighted by Crippen LogP contribution is -2.36. The van der Waals surface area contributed by atoms with Crippen LogP contribution in [0.3, 0.4) is 0 Å². The summed E-state index contributed by atoms with van der Waals surface area (Å²) < 4.78 is 39.5. The van der Waals surface area contributed by atoms with Crippen LogP contribution in [0, 0.1) is 0 Å². The van der Waals surface area contributed by atoms with Crippen molar-refractivity contribution in [1.29, 1.82) is 0 Å². The van der Waals surface area contributed by atoms with Gasteiger partial charge in [-0.3, -0.25) is 9.59 Å². The van der Waals surface area contributed by atoms with Crippen LogP contribution in [-0.2, 0) is 5.41 Å². The molecule has 1 heterocycles. The number of amides is 1. The molecule has 0 atom stereocenters. The molecule has 3 rings (SSSR count). The van der Waals surface area contributed by atoms with E-state index in [1.54, 1.807) is 6.92 Å². The molecule has 0 radical (unpaired) electrons. The maximum Gasteiger partial charge on any atom is 0.397 e. The molecular formula is C20H20F3N3O2. The molecule has 1 N–H and O–H groups in total. The lowest BCUT2D eigenvalue weighted by Gasteiger charge is -2.28. The number of aliphatic imine (C=N–C) groups is 1. The molecule has 0 bridgehead atoms. The van der Waals surface area contributed by atoms with Crippen molar-refractivity contribution in [2.45, 2.75) is 51.1 Å². The third kappa shape index (κ3) is 4.05. The molecule has 1 fully saturated rings. The minimum atomic E-state index is -4.38. The van der Waals surface area contributed by atoms with E-state index in [1.165, 1.54) is 24.3 Å². The van der Waals surface area contributed by atoms with Crippen molar-refractivity contribution >= 4 is 11.6 Å². The molecule has 1 aromatic heterocycles. The molecule has 1 saturated carbocycles. The predicted molar refractivity (Wildman–Crippen MR) is 98.9 cm³/mol. The molecule has 0 saturated heterocycles. The first-order valence-electron chi connectivity index (χ1n) is 8.87. The van der Waals surface area contributed by atoms with Gasteiger partial charge in [0.1, 0.15) is 11.5 Å². The Bertz CT molecular complexity index is 985. The molecule has 1 aliphatic carbocycles. The number of benzene rings is 1. The van der Waals surface area contributed by atoms with Gasteiger partial charge in [0, 0.05) is 17.7 Å². The second-order valence-corrected chi connectivity index (χ2v) is 7.49. The van der Waals surface area contributed by atoms with E-state index in [-0.39, 0.29) is 17.2 Å². The molecular weight excluding hydrogens is 371 g/mol. The van der Waals surface area contributed by atoms with Crippen molar-refractivity contribution in [3.8, 4) is 0 Å². The minimum Gasteiger partial charge on any atom is -0.310 e. The van der Waals surface area contributed by atoms with E-state index in [0.29, 0.717) is 17.1 Å². The summed E-state index contributed by atoms with van der Waals surface area (Å²) in [6.07, 6.45) is -2.54. The fourth-order valence-corrected chi connectivity index (χ4v) is 2.70. The maximum absolute atomic E-state index is 13.2. The zero-order valence-electron chi connectivity index (χ0n) is 15.7. The summed E-state index contributed by atoms with van der Waals surface area (Å²) in [5.41, 5.74) is -1.47. The van der Waals surface area contributed by atoms with Crippen molar-refractivity contribution in [1.82, 2.24) is 9.97 Å². The van der Waals surface area contributed by atoms with Crippen LogP contribution in [0.1, 0.15) is 67.0 Å². The van der Waals surface area contributed by atoms with E-state index in [1.807, 2.05) is 0 Å². The van der Waals surface area contributed by atoms with E-state index in [0.717, 1.165) is 32.8 Å². The van der Waals surface area contributed by atoms with Crippen LogP contribution in [0.25, 0.3) is 0 Å². The second-order valence-electron chi connectivity index (χ2n) is 7.49. The highest BCUT2D eigenvalue weighted by Gasteiger charge is 2.48. The maximum atomic E-state index is 13.2. The SMILES string of the molecule is CC(=NC(=O)c1cc(=O)[nH]c(C2CC2)n1)c1ccc(C(C)(C)C(F)(F)F)cc1. The molecule has 8 heteroatoms. The Balaban J connectivity index is 1.84. The van der Waals surface area contributed by atoms with Crippen LogP contribution in [0.5, 0.6) is 0 Å². The van der Waals surface area contributed by atoms with Crippen molar-refractivity contribution in [2.24, 2.45) is 4.99 Å². The van der Waals surface area contributed by atoms with Gasteiger partial charge in [0.05, 0.1) is 5.41 Å². The number of H-pyrrole nitrogens is 1. The lowest BCUT2D eigenvalue weighted by atomic mass is 9.83. The molecule has 2 aromatic rings. The molecule has 0 unspecified atom stereocenters. The smallest absolute Gasteiger partial charge is 0.310 e. The number of aromatic amines is 1. The predicted octanol–water partition coefficient (Wildman–Crippen LogP) is 4.14. The van der Waals surface area contributed by atoms with Gasteiger partial charge in [-0.2, -0.15) is 13.2 Å². The Kier molecular flexibility index (Phi) is 4.99. The zero-order valence-corrected chi connectivity index (χ0v) is 15.7. The Labute approximate surface area is 159 Å². The Morgan fingerprint density at radius 1 is 1.18 bits per heavy atom. The van der Waals surface area contributed by atoms with Gasteiger partial charge in [-0.15, -0.1) is 0 Å². The molecule has 148 valence electrons. The second kappa shape index (κ2) is 7.00. The molecule has 0 spiro atoms. The summed E-state index contributed by atoms with van der Waals surface area (Å²) in [5, 5.41) is 0. The fourth-order valence-electron chi connectivity index (χ4n) is 2.70. The first-order valence-corrected chi connectivity index (χ1v) is 8.87. The van der Waals surface area contributed by atoms with Gasteiger partial charge in [-0.1, -0.05) is 24.3 Å². The highest BCUT2D eigenvalue weighted by molar-refractivity contribution is 6.08. The number of halogens is 3. The standard InChI is InChI=1S/C20H20F3N3O2/c1-11(12-6-8-14(9-7-12)19(2,3)20(21,22)23)24-18(28)15-10-16(27)26-17(25-15)13-4-5-13/h6-10,13H,4-5H2,1-3H3,(H,25,26,27). The molecule has 28 heavy (non-hydrogen) atoms. The number of hydrogen-bond acceptors (Lipinski definition) is 3. The number of carbonyl (C=O) groups excluding carboxylic acids is 1. The van der Waals surface area contributed by atoms with Gasteiger partial charge in [-0.05, 0) is 44.7 Å². The van der Waals surface area contributed by atoms with E-state index < -0.39 is 23.1 Å². The van der Waals surface area contributed by atoms with E-state index in [9.17, 15) is 22.8 Å². The molecule has 1 aliphatic rings. The van der Waals surface area contributed by atoms with Crippen LogP contribution in [-0.4, -0.2) is 27.8 Å². The van der Waals surface area contributed by atoms with Crippen LogP contribution >= 0.6 is 0 Å². The van der Waals surface area contributed by atoms with Gasteiger partial charge in [0.15, 0.2) is 0 Å². The monoisotopic (exact) mass is 391 g/mol. The lowest BCUT2D eigenvalue weighted by molar-refractivity contribution is -0.180. The molecule has 0 aliphatic heterocycles.